The van der Waals surface area contributed by atoms with Gasteiger partial charge in [0.2, 0.25) is 0 Å². The highest BCUT2D eigenvalue weighted by Gasteiger charge is 2.87. The number of aliphatic hydroxyl groups excluding tert-OH is 3. The molecule has 0 bridgehead atoms. The molecule has 0 aromatic heterocycles. The van der Waals surface area contributed by atoms with Crippen molar-refractivity contribution >= 4 is 5.97 Å². The standard InChI is InChI=1S/C37H55F3O8/c1-18-15-21(28(32(5,6)38)46-19(2)41)47-29-25(18)33(7)13-14-36-17-35(36)12-11-24(48-30-27(44)26(43)20(42)16-45-30)31(3,4)22(35)9-10-23(36)34(33,8)37(29,39)40/h18,20-24,26-28,30,42-44H,9-17H2,1-8H3/t18-,20-,21-,22+,23+,24+,26+,27-,28+,30+,33-,34+,35-,36+/m1/s1. The van der Waals surface area contributed by atoms with E-state index in [1.807, 2.05) is 13.8 Å². The Kier molecular flexibility index (Phi) is 7.72. The zero-order valence-electron chi connectivity index (χ0n) is 29.7. The summed E-state index contributed by atoms with van der Waals surface area (Å²) in [6.07, 6.45) is -1.98. The van der Waals surface area contributed by atoms with Gasteiger partial charge in [0.25, 0.3) is 0 Å². The summed E-state index contributed by atoms with van der Waals surface area (Å²) in [6, 6.07) is 0. The fourth-order valence-electron chi connectivity index (χ4n) is 12.9. The number of rotatable bonds is 5. The van der Waals surface area contributed by atoms with Gasteiger partial charge in [0.05, 0.1) is 18.1 Å². The summed E-state index contributed by atoms with van der Waals surface area (Å²) in [5, 5.41) is 30.7. The lowest BCUT2D eigenvalue weighted by atomic mass is 9.41. The highest BCUT2D eigenvalue weighted by Crippen LogP contribution is 2.90. The summed E-state index contributed by atoms with van der Waals surface area (Å²) < 4.78 is 74.0. The van der Waals surface area contributed by atoms with Crippen molar-refractivity contribution in [2.24, 2.45) is 44.8 Å². The van der Waals surface area contributed by atoms with Crippen LogP contribution in [0.2, 0.25) is 0 Å². The van der Waals surface area contributed by atoms with Crippen LogP contribution in [0.25, 0.3) is 0 Å². The van der Waals surface area contributed by atoms with E-state index in [-0.39, 0.29) is 52.5 Å². The van der Waals surface area contributed by atoms with E-state index in [1.165, 1.54) is 20.8 Å². The minimum atomic E-state index is -3.30. The van der Waals surface area contributed by atoms with E-state index in [9.17, 15) is 20.1 Å². The molecule has 272 valence electrons. The number of aliphatic hydroxyl groups is 3. The quantitative estimate of drug-likeness (QED) is 0.244. The zero-order chi connectivity index (χ0) is 35.2. The van der Waals surface area contributed by atoms with Gasteiger partial charge in [-0.25, -0.2) is 4.39 Å². The van der Waals surface area contributed by atoms with Crippen LogP contribution in [-0.2, 0) is 23.7 Å². The smallest absolute Gasteiger partial charge is 0.310 e. The van der Waals surface area contributed by atoms with Crippen LogP contribution in [0.15, 0.2) is 11.3 Å². The molecule has 0 amide bonds. The lowest BCUT2D eigenvalue weighted by Gasteiger charge is -2.63. The Balaban J connectivity index is 1.18. The van der Waals surface area contributed by atoms with Gasteiger partial charge in [-0.3, -0.25) is 4.79 Å². The minimum Gasteiger partial charge on any atom is -0.484 e. The van der Waals surface area contributed by atoms with Crippen LogP contribution >= 0.6 is 0 Å². The van der Waals surface area contributed by atoms with Crippen LogP contribution < -0.4 is 0 Å². The van der Waals surface area contributed by atoms with Gasteiger partial charge in [-0.05, 0) is 105 Å². The predicted octanol–water partition coefficient (Wildman–Crippen LogP) is 5.85. The molecule has 11 heteroatoms. The molecule has 7 aliphatic rings. The molecule has 5 aliphatic carbocycles. The van der Waals surface area contributed by atoms with Crippen molar-refractivity contribution in [3.8, 4) is 0 Å². The zero-order valence-corrected chi connectivity index (χ0v) is 29.7. The lowest BCUT2D eigenvalue weighted by molar-refractivity contribution is -0.303. The van der Waals surface area contributed by atoms with Crippen LogP contribution in [0.1, 0.15) is 107 Å². The molecular formula is C37H55F3O8. The van der Waals surface area contributed by atoms with E-state index in [0.29, 0.717) is 31.3 Å². The summed E-state index contributed by atoms with van der Waals surface area (Å²) in [7, 11) is 0. The number of carbonyl (C=O) groups is 1. The summed E-state index contributed by atoms with van der Waals surface area (Å²) in [4.78, 5) is 12.0. The third-order valence-corrected chi connectivity index (χ3v) is 15.3. The van der Waals surface area contributed by atoms with Crippen molar-refractivity contribution in [2.75, 3.05) is 6.61 Å². The Labute approximate surface area is 282 Å². The van der Waals surface area contributed by atoms with Crippen LogP contribution in [0.4, 0.5) is 13.2 Å². The van der Waals surface area contributed by atoms with Crippen LogP contribution in [-0.4, -0.2) is 82.4 Å². The second-order valence-corrected chi connectivity index (χ2v) is 18.1. The minimum absolute atomic E-state index is 0.0990. The molecular weight excluding hydrogens is 629 g/mol. The molecule has 2 heterocycles. The van der Waals surface area contributed by atoms with Crippen molar-refractivity contribution < 1.29 is 52.2 Å². The largest absolute Gasteiger partial charge is 0.484 e. The Morgan fingerprint density at radius 1 is 0.979 bits per heavy atom. The molecule has 8 nitrogen and oxygen atoms in total. The first-order chi connectivity index (χ1) is 22.1. The van der Waals surface area contributed by atoms with E-state index in [1.54, 1.807) is 6.92 Å². The fourth-order valence-corrected chi connectivity index (χ4v) is 12.9. The normalized spacial score (nSPS) is 50.9. The lowest BCUT2D eigenvalue weighted by Crippen LogP contribution is -2.62. The molecule has 3 N–H and O–H groups in total. The summed E-state index contributed by atoms with van der Waals surface area (Å²) in [5.74, 6) is -4.61. The summed E-state index contributed by atoms with van der Waals surface area (Å²) in [6.45, 7) is 13.7. The Morgan fingerprint density at radius 3 is 2.27 bits per heavy atom. The molecule has 4 saturated carbocycles. The first-order valence-electron chi connectivity index (χ1n) is 18.1. The van der Waals surface area contributed by atoms with E-state index in [2.05, 4.69) is 13.8 Å². The number of hydrogen-bond acceptors (Lipinski definition) is 8. The molecule has 1 saturated heterocycles. The predicted molar refractivity (Wildman–Crippen MR) is 168 cm³/mol. The van der Waals surface area contributed by atoms with Gasteiger partial charge in [-0.2, -0.15) is 8.78 Å². The number of esters is 1. The fraction of sp³-hybridized carbons (Fsp3) is 0.919. The SMILES string of the molecule is CC(=O)O[C@@H]([C@H]1C[C@@H](C)C2=C(O1)C(F)(F)[C@@]1(C)[C@@H]3CC[C@H]4C(C)(C)[C@@H](O[C@@H]5OC[C@@H](O)[C@H](O)[C@H]5O)CC[C@@]45C[C@@]35CC[C@]21C)C(C)(C)F. The monoisotopic (exact) mass is 684 g/mol. The molecule has 2 spiro atoms. The van der Waals surface area contributed by atoms with Crippen molar-refractivity contribution in [2.45, 2.75) is 161 Å². The second-order valence-electron chi connectivity index (χ2n) is 18.1. The van der Waals surface area contributed by atoms with Crippen LogP contribution in [0.3, 0.4) is 0 Å². The van der Waals surface area contributed by atoms with Gasteiger partial charge < -0.3 is 34.3 Å². The maximum Gasteiger partial charge on any atom is 0.310 e. The molecule has 0 unspecified atom stereocenters. The van der Waals surface area contributed by atoms with Crippen molar-refractivity contribution in [3.63, 3.8) is 0 Å². The van der Waals surface area contributed by atoms with Crippen molar-refractivity contribution in [1.29, 1.82) is 0 Å². The van der Waals surface area contributed by atoms with E-state index >= 15 is 13.2 Å². The second kappa shape index (κ2) is 10.6. The molecule has 0 aromatic carbocycles. The highest BCUT2D eigenvalue weighted by molar-refractivity contribution is 5.66. The van der Waals surface area contributed by atoms with Crippen LogP contribution in [0.5, 0.6) is 0 Å². The third kappa shape index (κ3) is 4.29. The topological polar surface area (TPSA) is 115 Å². The number of alkyl halides is 3. The maximum absolute atomic E-state index is 17.5. The Hall–Kier alpha value is -1.40. The average molecular weight is 685 g/mol. The van der Waals surface area contributed by atoms with E-state index in [4.69, 9.17) is 18.9 Å². The van der Waals surface area contributed by atoms with Crippen molar-refractivity contribution in [1.82, 2.24) is 0 Å². The Morgan fingerprint density at radius 2 is 1.62 bits per heavy atom. The number of hydrogen-bond donors (Lipinski definition) is 3. The molecule has 0 radical (unpaired) electrons. The number of allylic oxidation sites excluding steroid dienone is 2. The first-order valence-corrected chi connectivity index (χ1v) is 18.1. The molecule has 5 fully saturated rings. The molecule has 48 heavy (non-hydrogen) atoms. The number of carbonyl (C=O) groups excluding carboxylic acids is 1. The molecule has 14 atom stereocenters. The van der Waals surface area contributed by atoms with Crippen LogP contribution in [0, 0.1) is 44.8 Å². The van der Waals surface area contributed by atoms with Gasteiger partial charge in [0, 0.05) is 12.3 Å². The molecule has 7 rings (SSSR count). The molecule has 2 aliphatic heterocycles. The Bertz CT molecular complexity index is 1380. The number of halogens is 3. The third-order valence-electron chi connectivity index (χ3n) is 15.3. The van der Waals surface area contributed by atoms with Crippen molar-refractivity contribution in [3.05, 3.63) is 11.3 Å². The average Bonchev–Trinajstić information content (AvgIpc) is 3.62. The highest BCUT2D eigenvalue weighted by atomic mass is 19.3. The van der Waals surface area contributed by atoms with Gasteiger partial charge in [-0.1, -0.05) is 34.6 Å². The number of fused-ring (bicyclic) bond motifs is 3. The van der Waals surface area contributed by atoms with Gasteiger partial charge in [-0.15, -0.1) is 0 Å². The summed E-state index contributed by atoms with van der Waals surface area (Å²) >= 11 is 0. The summed E-state index contributed by atoms with van der Waals surface area (Å²) in [5.41, 5.74) is -4.22. The van der Waals surface area contributed by atoms with Gasteiger partial charge >= 0.3 is 11.9 Å². The van der Waals surface area contributed by atoms with Gasteiger partial charge in [0.15, 0.2) is 18.2 Å². The number of ether oxygens (including phenoxy) is 4. The van der Waals surface area contributed by atoms with E-state index < -0.39 is 65.2 Å². The van der Waals surface area contributed by atoms with E-state index in [0.717, 1.165) is 25.7 Å². The maximum atomic E-state index is 17.5. The van der Waals surface area contributed by atoms with Gasteiger partial charge in [0.1, 0.15) is 30.1 Å². The molecule has 0 aromatic rings. The first kappa shape index (κ1) is 35.0.